The van der Waals surface area contributed by atoms with Gasteiger partial charge < -0.3 is 15.4 Å². The van der Waals surface area contributed by atoms with Crippen LogP contribution in [-0.2, 0) is 11.3 Å². The fourth-order valence-electron chi connectivity index (χ4n) is 3.08. The van der Waals surface area contributed by atoms with Crippen LogP contribution in [0.15, 0.2) is 33.9 Å². The molecule has 2 rings (SSSR count). The number of hydrogen-bond acceptors (Lipinski definition) is 6. The lowest BCUT2D eigenvalue weighted by Crippen LogP contribution is -2.45. The molecule has 0 radical (unpaired) electrons. The van der Waals surface area contributed by atoms with Gasteiger partial charge in [0.15, 0.2) is 5.69 Å². The molecule has 1 aromatic heterocycles. The minimum Gasteiger partial charge on any atom is -0.492 e. The molecule has 0 aliphatic rings. The van der Waals surface area contributed by atoms with Gasteiger partial charge >= 0.3 is 5.69 Å². The number of amides is 1. The molecule has 3 N–H and O–H groups in total. The van der Waals surface area contributed by atoms with E-state index in [9.17, 15) is 18.8 Å². The molecule has 0 saturated heterocycles. The highest BCUT2D eigenvalue weighted by atomic mass is 19.1. The first kappa shape index (κ1) is 24.1. The van der Waals surface area contributed by atoms with Crippen molar-refractivity contribution in [2.75, 3.05) is 43.9 Å². The number of hydrogen-bond donors (Lipinski definition) is 2. The average molecular weight is 436 g/mol. The molecule has 1 aromatic carbocycles. The summed E-state index contributed by atoms with van der Waals surface area (Å²) in [6.45, 7) is 5.04. The molecule has 0 unspecified atom stereocenters. The second-order valence-corrected chi connectivity index (χ2v) is 7.18. The van der Waals surface area contributed by atoms with E-state index >= 15 is 0 Å². The number of halogens is 1. The minimum atomic E-state index is -0.687. The highest BCUT2D eigenvalue weighted by molar-refractivity contribution is 5.96. The van der Waals surface area contributed by atoms with Crippen molar-refractivity contribution in [3.8, 4) is 5.75 Å². The van der Waals surface area contributed by atoms with Crippen LogP contribution in [0.4, 0.5) is 15.9 Å². The van der Waals surface area contributed by atoms with Crippen LogP contribution in [0.1, 0.15) is 26.7 Å². The third kappa shape index (κ3) is 6.42. The Hall–Kier alpha value is -3.14. The molecule has 1 amide bonds. The van der Waals surface area contributed by atoms with E-state index in [-0.39, 0.29) is 36.3 Å². The van der Waals surface area contributed by atoms with Crippen LogP contribution < -0.4 is 26.6 Å². The van der Waals surface area contributed by atoms with E-state index in [0.29, 0.717) is 31.9 Å². The summed E-state index contributed by atoms with van der Waals surface area (Å²) in [5.74, 6) is -0.153. The first-order chi connectivity index (χ1) is 14.8. The number of carbonyl (C=O) groups excluding carboxylic acids is 1. The summed E-state index contributed by atoms with van der Waals surface area (Å²) in [7, 11) is 1.75. The summed E-state index contributed by atoms with van der Waals surface area (Å²) < 4.78 is 19.8. The summed E-state index contributed by atoms with van der Waals surface area (Å²) >= 11 is 0. The van der Waals surface area contributed by atoms with Gasteiger partial charge in [-0.2, -0.15) is 0 Å². The molecule has 0 fully saturated rings. The van der Waals surface area contributed by atoms with Crippen molar-refractivity contribution in [3.05, 3.63) is 50.9 Å². The van der Waals surface area contributed by atoms with Gasteiger partial charge in [0.2, 0.25) is 5.91 Å². The molecule has 0 atom stereocenters. The van der Waals surface area contributed by atoms with Crippen LogP contribution in [0, 0.1) is 5.82 Å². The van der Waals surface area contributed by atoms with Crippen molar-refractivity contribution in [1.82, 2.24) is 14.5 Å². The second kappa shape index (κ2) is 11.3. The van der Waals surface area contributed by atoms with E-state index in [1.165, 1.54) is 33.7 Å². The summed E-state index contributed by atoms with van der Waals surface area (Å²) in [6.07, 6.45) is 1.56. The number of unbranched alkanes of at least 4 members (excludes halogenated alkanes) is 1. The van der Waals surface area contributed by atoms with Gasteiger partial charge in [-0.3, -0.25) is 24.0 Å². The van der Waals surface area contributed by atoms with Crippen molar-refractivity contribution >= 4 is 17.4 Å². The van der Waals surface area contributed by atoms with Crippen molar-refractivity contribution in [1.29, 1.82) is 0 Å². The molecule has 10 heteroatoms. The van der Waals surface area contributed by atoms with Crippen LogP contribution in [-0.4, -0.2) is 53.6 Å². The summed E-state index contributed by atoms with van der Waals surface area (Å²) in [6, 6.07) is 5.68. The van der Waals surface area contributed by atoms with Crippen LogP contribution in [0.25, 0.3) is 0 Å². The summed E-state index contributed by atoms with van der Waals surface area (Å²) in [5, 5.41) is 0. The van der Waals surface area contributed by atoms with E-state index in [1.807, 2.05) is 6.92 Å². The maximum atomic E-state index is 12.9. The topological polar surface area (TPSA) is 114 Å². The smallest absolute Gasteiger partial charge is 0.330 e. The van der Waals surface area contributed by atoms with E-state index in [2.05, 4.69) is 4.98 Å². The Kier molecular flexibility index (Phi) is 8.80. The third-order valence-corrected chi connectivity index (χ3v) is 4.80. The molecule has 0 bridgehead atoms. The molecule has 170 valence electrons. The van der Waals surface area contributed by atoms with E-state index in [4.69, 9.17) is 10.5 Å². The number of H-pyrrole nitrogens is 1. The minimum absolute atomic E-state index is 0.0142. The zero-order chi connectivity index (χ0) is 23.0. The highest BCUT2D eigenvalue weighted by Crippen LogP contribution is 2.17. The lowest BCUT2D eigenvalue weighted by molar-refractivity contribution is -0.119. The van der Waals surface area contributed by atoms with Crippen LogP contribution >= 0.6 is 0 Å². The maximum Gasteiger partial charge on any atom is 0.330 e. The number of nitrogens with zero attached hydrogens (tertiary/aromatic N) is 3. The quantitative estimate of drug-likeness (QED) is 0.552. The molecule has 31 heavy (non-hydrogen) atoms. The normalized spacial score (nSPS) is 11.0. The van der Waals surface area contributed by atoms with Gasteiger partial charge in [0.05, 0.1) is 6.54 Å². The number of aromatic amines is 1. The lowest BCUT2D eigenvalue weighted by Gasteiger charge is -2.25. The first-order valence-electron chi connectivity index (χ1n) is 10.3. The number of carbonyl (C=O) groups is 1. The monoisotopic (exact) mass is 435 g/mol. The largest absolute Gasteiger partial charge is 0.492 e. The number of likely N-dealkylation sites (N-methyl/N-ethyl adjacent to an activating group) is 2. The number of nitrogens with two attached hydrogens (primary N) is 1. The molecular weight excluding hydrogens is 405 g/mol. The molecule has 0 spiro atoms. The average Bonchev–Trinajstić information content (AvgIpc) is 2.72. The molecule has 1 heterocycles. The third-order valence-electron chi connectivity index (χ3n) is 4.80. The predicted octanol–water partition coefficient (Wildman–Crippen LogP) is 1.42. The molecular formula is C21H30FN5O4. The Labute approximate surface area is 180 Å². The maximum absolute atomic E-state index is 12.9. The van der Waals surface area contributed by atoms with Gasteiger partial charge in [0.1, 0.15) is 24.0 Å². The van der Waals surface area contributed by atoms with Crippen LogP contribution in [0.3, 0.4) is 0 Å². The van der Waals surface area contributed by atoms with Gasteiger partial charge in [-0.25, -0.2) is 9.18 Å². The number of ether oxygens (including phenoxy) is 1. The van der Waals surface area contributed by atoms with Gasteiger partial charge in [-0.15, -0.1) is 0 Å². The zero-order valence-electron chi connectivity index (χ0n) is 18.2. The Morgan fingerprint density at radius 3 is 2.52 bits per heavy atom. The lowest BCUT2D eigenvalue weighted by atomic mass is 10.3. The van der Waals surface area contributed by atoms with Crippen molar-refractivity contribution in [2.24, 2.45) is 0 Å². The number of rotatable bonds is 11. The molecule has 0 saturated carbocycles. The standard InChI is InChI=1S/C21H30FN5O4/c1-4-6-11-27-19(23)18(20(29)24-21(27)30)26(5-2)17(28)14-25(3)12-13-31-16-9-7-15(22)8-10-16/h7-10H,4-6,11-14,23H2,1-3H3,(H,24,29,30). The first-order valence-corrected chi connectivity index (χ1v) is 10.3. The van der Waals surface area contributed by atoms with Gasteiger partial charge in [0, 0.05) is 19.6 Å². The fraction of sp³-hybridized carbons (Fsp3) is 0.476. The van der Waals surface area contributed by atoms with Crippen molar-refractivity contribution in [3.63, 3.8) is 0 Å². The number of aromatic nitrogens is 2. The fourth-order valence-corrected chi connectivity index (χ4v) is 3.08. The molecule has 9 nitrogen and oxygen atoms in total. The Balaban J connectivity index is 2.06. The number of nitrogen functional groups attached to an aromatic ring is 1. The van der Waals surface area contributed by atoms with Crippen LogP contribution in [0.5, 0.6) is 5.75 Å². The highest BCUT2D eigenvalue weighted by Gasteiger charge is 2.23. The SMILES string of the molecule is CCCCn1c(N)c(N(CC)C(=O)CN(C)CCOc2ccc(F)cc2)c(=O)[nH]c1=O. The van der Waals surface area contributed by atoms with Crippen molar-refractivity contribution in [2.45, 2.75) is 33.2 Å². The number of nitrogens with one attached hydrogen (secondary N) is 1. The van der Waals surface area contributed by atoms with Gasteiger partial charge in [0.25, 0.3) is 5.56 Å². The van der Waals surface area contributed by atoms with Gasteiger partial charge in [-0.05, 0) is 44.7 Å². The predicted molar refractivity (Wildman–Crippen MR) is 118 cm³/mol. The zero-order valence-corrected chi connectivity index (χ0v) is 18.2. The van der Waals surface area contributed by atoms with Gasteiger partial charge in [-0.1, -0.05) is 13.3 Å². The second-order valence-electron chi connectivity index (χ2n) is 7.18. The Morgan fingerprint density at radius 1 is 1.23 bits per heavy atom. The summed E-state index contributed by atoms with van der Waals surface area (Å²) in [5.41, 5.74) is 4.83. The molecule has 2 aromatic rings. The Morgan fingerprint density at radius 2 is 1.90 bits per heavy atom. The Bertz CT molecular complexity index is 987. The number of anilines is 2. The van der Waals surface area contributed by atoms with Crippen molar-refractivity contribution < 1.29 is 13.9 Å². The summed E-state index contributed by atoms with van der Waals surface area (Å²) in [4.78, 5) is 42.7. The van der Waals surface area contributed by atoms with E-state index in [0.717, 1.165) is 6.42 Å². The van der Waals surface area contributed by atoms with E-state index < -0.39 is 11.2 Å². The van der Waals surface area contributed by atoms with Crippen LogP contribution in [0.2, 0.25) is 0 Å². The molecule has 0 aliphatic heterocycles. The molecule has 0 aliphatic carbocycles. The number of benzene rings is 1. The van der Waals surface area contributed by atoms with E-state index in [1.54, 1.807) is 18.9 Å².